The van der Waals surface area contributed by atoms with Crippen LogP contribution in [0.2, 0.25) is 0 Å². The summed E-state index contributed by atoms with van der Waals surface area (Å²) in [4.78, 5) is 28.8. The Kier molecular flexibility index (Phi) is 9.03. The Hall–Kier alpha value is -1.64. The zero-order chi connectivity index (χ0) is 19.6. The Morgan fingerprint density at radius 1 is 1.19 bits per heavy atom. The summed E-state index contributed by atoms with van der Waals surface area (Å²) in [7, 11) is 2.14. The van der Waals surface area contributed by atoms with E-state index in [0.29, 0.717) is 12.2 Å². The minimum Gasteiger partial charge on any atom is -0.355 e. The largest absolute Gasteiger partial charge is 0.355 e. The van der Waals surface area contributed by atoms with Crippen LogP contribution in [0.4, 0.5) is 10.1 Å². The molecule has 1 aromatic rings. The highest BCUT2D eigenvalue weighted by Crippen LogP contribution is 2.13. The van der Waals surface area contributed by atoms with Gasteiger partial charge in [-0.3, -0.25) is 9.59 Å². The highest BCUT2D eigenvalue weighted by molar-refractivity contribution is 8.01. The number of hydrogen-bond donors (Lipinski definition) is 2. The molecular weight excluding hydrogens is 367 g/mol. The molecule has 0 aliphatic carbocycles. The van der Waals surface area contributed by atoms with Gasteiger partial charge < -0.3 is 20.4 Å². The van der Waals surface area contributed by atoms with Gasteiger partial charge in [0.25, 0.3) is 0 Å². The summed E-state index contributed by atoms with van der Waals surface area (Å²) in [5, 5.41) is 5.33. The molecule has 1 heterocycles. The molecule has 1 fully saturated rings. The van der Waals surface area contributed by atoms with Crippen molar-refractivity contribution in [3.8, 4) is 0 Å². The van der Waals surface area contributed by atoms with E-state index in [9.17, 15) is 14.0 Å². The van der Waals surface area contributed by atoms with Gasteiger partial charge in [-0.25, -0.2) is 4.39 Å². The molecule has 0 radical (unpaired) electrons. The summed E-state index contributed by atoms with van der Waals surface area (Å²) < 4.78 is 12.8. The van der Waals surface area contributed by atoms with Crippen LogP contribution in [0.25, 0.3) is 0 Å². The van der Waals surface area contributed by atoms with Crippen LogP contribution < -0.4 is 10.6 Å². The van der Waals surface area contributed by atoms with Crippen LogP contribution in [0.1, 0.15) is 13.3 Å². The number of piperazine rings is 1. The van der Waals surface area contributed by atoms with Crippen LogP contribution in [0.5, 0.6) is 0 Å². The Morgan fingerprint density at radius 3 is 2.52 bits per heavy atom. The molecule has 0 spiro atoms. The third-order valence-electron chi connectivity index (χ3n) is 4.51. The molecule has 8 heteroatoms. The molecule has 2 amide bonds. The number of thioether (sulfide) groups is 1. The Bertz CT molecular complexity index is 606. The van der Waals surface area contributed by atoms with Gasteiger partial charge in [0.2, 0.25) is 11.8 Å². The molecule has 1 aliphatic rings. The highest BCUT2D eigenvalue weighted by Gasteiger charge is 2.16. The first kappa shape index (κ1) is 21.7. The van der Waals surface area contributed by atoms with Gasteiger partial charge in [-0.2, -0.15) is 0 Å². The smallest absolute Gasteiger partial charge is 0.234 e. The molecule has 1 aromatic carbocycles. The zero-order valence-electron chi connectivity index (χ0n) is 16.0. The molecule has 1 atom stereocenters. The summed E-state index contributed by atoms with van der Waals surface area (Å²) in [5.41, 5.74) is 0.544. The topological polar surface area (TPSA) is 64.7 Å². The summed E-state index contributed by atoms with van der Waals surface area (Å²) in [6.07, 6.45) is 0.928. The van der Waals surface area contributed by atoms with Gasteiger partial charge in [-0.15, -0.1) is 11.8 Å². The second-order valence-electron chi connectivity index (χ2n) is 6.80. The molecule has 0 saturated carbocycles. The fraction of sp³-hybridized carbons (Fsp3) is 0.579. The number of hydrogen-bond acceptors (Lipinski definition) is 5. The van der Waals surface area contributed by atoms with Crippen LogP contribution in [0.15, 0.2) is 24.3 Å². The van der Waals surface area contributed by atoms with Crippen molar-refractivity contribution in [1.82, 2.24) is 15.1 Å². The van der Waals surface area contributed by atoms with Crippen molar-refractivity contribution < 1.29 is 14.0 Å². The molecule has 6 nitrogen and oxygen atoms in total. The molecule has 0 aromatic heterocycles. The fourth-order valence-corrected chi connectivity index (χ4v) is 3.44. The van der Waals surface area contributed by atoms with E-state index in [1.165, 1.54) is 36.0 Å². The van der Waals surface area contributed by atoms with E-state index in [0.717, 1.165) is 39.1 Å². The van der Waals surface area contributed by atoms with Gasteiger partial charge in [0, 0.05) is 38.4 Å². The molecule has 2 N–H and O–H groups in total. The van der Waals surface area contributed by atoms with Crippen LogP contribution in [-0.4, -0.2) is 78.9 Å². The lowest BCUT2D eigenvalue weighted by atomic mass is 10.3. The number of nitrogens with one attached hydrogen (secondary N) is 2. The van der Waals surface area contributed by atoms with Gasteiger partial charge in [-0.05, 0) is 51.2 Å². The number of nitrogens with zero attached hydrogens (tertiary/aromatic N) is 2. The summed E-state index contributed by atoms with van der Waals surface area (Å²) in [6.45, 7) is 7.80. The Morgan fingerprint density at radius 2 is 1.85 bits per heavy atom. The van der Waals surface area contributed by atoms with Crippen LogP contribution in [-0.2, 0) is 9.59 Å². The lowest BCUT2D eigenvalue weighted by Gasteiger charge is -2.32. The van der Waals surface area contributed by atoms with Crippen LogP contribution in [0.3, 0.4) is 0 Å². The van der Waals surface area contributed by atoms with Crippen molar-refractivity contribution >= 4 is 29.3 Å². The number of carbonyl (C=O) groups is 2. The van der Waals surface area contributed by atoms with E-state index in [1.54, 1.807) is 6.92 Å². The first-order valence-electron chi connectivity index (χ1n) is 9.29. The predicted octanol–water partition coefficient (Wildman–Crippen LogP) is 1.64. The lowest BCUT2D eigenvalue weighted by Crippen LogP contribution is -2.45. The van der Waals surface area contributed by atoms with Gasteiger partial charge in [0.05, 0.1) is 11.0 Å². The van der Waals surface area contributed by atoms with E-state index >= 15 is 0 Å². The van der Waals surface area contributed by atoms with Crippen molar-refractivity contribution in [2.45, 2.75) is 18.6 Å². The minimum atomic E-state index is -0.347. The average Bonchev–Trinajstić information content (AvgIpc) is 2.66. The van der Waals surface area contributed by atoms with E-state index in [-0.39, 0.29) is 28.6 Å². The van der Waals surface area contributed by atoms with E-state index in [4.69, 9.17) is 0 Å². The van der Waals surface area contributed by atoms with Crippen molar-refractivity contribution in [2.24, 2.45) is 0 Å². The lowest BCUT2D eigenvalue weighted by molar-refractivity contribution is -0.120. The number of rotatable bonds is 9. The highest BCUT2D eigenvalue weighted by atomic mass is 32.2. The third kappa shape index (κ3) is 8.28. The molecule has 150 valence electrons. The van der Waals surface area contributed by atoms with Crippen LogP contribution >= 0.6 is 11.8 Å². The van der Waals surface area contributed by atoms with E-state index in [2.05, 4.69) is 27.5 Å². The molecular formula is C19H29FN4O2S. The molecule has 1 unspecified atom stereocenters. The maximum absolute atomic E-state index is 12.8. The second-order valence-corrected chi connectivity index (χ2v) is 8.13. The third-order valence-corrected chi connectivity index (χ3v) is 5.65. The zero-order valence-corrected chi connectivity index (χ0v) is 16.9. The Labute approximate surface area is 164 Å². The number of benzene rings is 1. The fourth-order valence-electron chi connectivity index (χ4n) is 2.74. The quantitative estimate of drug-likeness (QED) is 0.622. The standard InChI is InChI=1S/C19H29FN4O2S/c1-15(27-14-18(25)22-17-6-4-16(20)5-7-17)19(26)21-8-3-9-24-12-10-23(2)11-13-24/h4-7,15H,3,8-14H2,1-2H3,(H,21,26)(H,22,25). The number of halogens is 1. The molecule has 1 saturated heterocycles. The van der Waals surface area contributed by atoms with Crippen LogP contribution in [0, 0.1) is 5.82 Å². The molecule has 2 rings (SSSR count). The molecule has 1 aliphatic heterocycles. The van der Waals surface area contributed by atoms with Crippen molar-refractivity contribution in [3.63, 3.8) is 0 Å². The second kappa shape index (κ2) is 11.3. The Balaban J connectivity index is 1.56. The summed E-state index contributed by atoms with van der Waals surface area (Å²) >= 11 is 1.29. The van der Waals surface area contributed by atoms with Crippen molar-refractivity contribution in [2.75, 3.05) is 57.4 Å². The van der Waals surface area contributed by atoms with E-state index < -0.39 is 0 Å². The average molecular weight is 397 g/mol. The maximum Gasteiger partial charge on any atom is 0.234 e. The normalized spacial score (nSPS) is 16.7. The van der Waals surface area contributed by atoms with Gasteiger partial charge in [0.1, 0.15) is 5.82 Å². The van der Waals surface area contributed by atoms with Crippen molar-refractivity contribution in [3.05, 3.63) is 30.1 Å². The van der Waals surface area contributed by atoms with Gasteiger partial charge in [-0.1, -0.05) is 0 Å². The summed E-state index contributed by atoms with van der Waals surface area (Å²) in [5.74, 6) is -0.428. The monoisotopic (exact) mass is 396 g/mol. The first-order valence-corrected chi connectivity index (χ1v) is 10.3. The maximum atomic E-state index is 12.8. The number of amides is 2. The van der Waals surface area contributed by atoms with E-state index in [1.807, 2.05) is 0 Å². The number of carbonyl (C=O) groups excluding carboxylic acids is 2. The van der Waals surface area contributed by atoms with Gasteiger partial charge >= 0.3 is 0 Å². The first-order chi connectivity index (χ1) is 12.9. The number of likely N-dealkylation sites (N-methyl/N-ethyl adjacent to an activating group) is 1. The SMILES string of the molecule is CC(SCC(=O)Nc1ccc(F)cc1)C(=O)NCCCN1CCN(C)CC1. The molecule has 0 bridgehead atoms. The summed E-state index contributed by atoms with van der Waals surface area (Å²) in [6, 6.07) is 5.60. The minimum absolute atomic E-state index is 0.0482. The predicted molar refractivity (Wildman–Crippen MR) is 109 cm³/mol. The molecule has 27 heavy (non-hydrogen) atoms. The number of anilines is 1. The van der Waals surface area contributed by atoms with Crippen molar-refractivity contribution in [1.29, 1.82) is 0 Å². The van der Waals surface area contributed by atoms with Gasteiger partial charge in [0.15, 0.2) is 0 Å².